The van der Waals surface area contributed by atoms with Crippen LogP contribution in [0.1, 0.15) is 30.2 Å². The number of rotatable bonds is 4. The lowest BCUT2D eigenvalue weighted by Crippen LogP contribution is -2.18. The van der Waals surface area contributed by atoms with Crippen LogP contribution in [0.3, 0.4) is 0 Å². The van der Waals surface area contributed by atoms with Crippen LogP contribution in [-0.2, 0) is 0 Å². The minimum atomic E-state index is -0.271. The topological polar surface area (TPSA) is 82.2 Å². The molecule has 0 saturated carbocycles. The van der Waals surface area contributed by atoms with Crippen molar-refractivity contribution in [3.8, 4) is 5.75 Å². The summed E-state index contributed by atoms with van der Waals surface area (Å²) in [5.41, 5.74) is 6.64. The van der Waals surface area contributed by atoms with Gasteiger partial charge in [-0.15, -0.1) is 0 Å². The number of nitrogen functional groups attached to an aromatic ring is 1. The van der Waals surface area contributed by atoms with Gasteiger partial charge in [-0.2, -0.15) is 5.10 Å². The summed E-state index contributed by atoms with van der Waals surface area (Å²) in [6.45, 7) is 3.98. The van der Waals surface area contributed by atoms with Crippen LogP contribution >= 0.6 is 0 Å². The number of hydrogen-bond acceptors (Lipinski definition) is 4. The van der Waals surface area contributed by atoms with Crippen molar-refractivity contribution in [1.29, 1.82) is 0 Å². The quantitative estimate of drug-likeness (QED) is 0.838. The molecule has 0 spiro atoms. The Morgan fingerprint density at radius 3 is 2.75 bits per heavy atom. The summed E-state index contributed by atoms with van der Waals surface area (Å²) in [5.74, 6) is 0.985. The SMILES string of the molecule is COc1ccc(C(=O)Nc2ccnn2C(C)C)c(N)c1. The summed E-state index contributed by atoms with van der Waals surface area (Å²) in [4.78, 5) is 12.2. The van der Waals surface area contributed by atoms with Crippen molar-refractivity contribution in [3.05, 3.63) is 36.0 Å². The summed E-state index contributed by atoms with van der Waals surface area (Å²) < 4.78 is 6.79. The Hall–Kier alpha value is -2.50. The van der Waals surface area contributed by atoms with E-state index >= 15 is 0 Å². The van der Waals surface area contributed by atoms with Crippen molar-refractivity contribution in [1.82, 2.24) is 9.78 Å². The lowest BCUT2D eigenvalue weighted by molar-refractivity contribution is 0.102. The van der Waals surface area contributed by atoms with Crippen LogP contribution in [0.5, 0.6) is 5.75 Å². The second-order valence-electron chi connectivity index (χ2n) is 4.66. The summed E-state index contributed by atoms with van der Waals surface area (Å²) >= 11 is 0. The van der Waals surface area contributed by atoms with Crippen molar-refractivity contribution in [2.45, 2.75) is 19.9 Å². The predicted octanol–water partition coefficient (Wildman–Crippen LogP) is 2.31. The molecular weight excluding hydrogens is 256 g/mol. The van der Waals surface area contributed by atoms with Crippen LogP contribution in [0.25, 0.3) is 0 Å². The van der Waals surface area contributed by atoms with Gasteiger partial charge in [0.15, 0.2) is 0 Å². The molecule has 2 aromatic rings. The fourth-order valence-electron chi connectivity index (χ4n) is 1.88. The van der Waals surface area contributed by atoms with Crippen molar-refractivity contribution in [2.24, 2.45) is 0 Å². The molecule has 0 unspecified atom stereocenters. The number of nitrogens with one attached hydrogen (secondary N) is 1. The molecule has 1 heterocycles. The molecule has 6 nitrogen and oxygen atoms in total. The first-order valence-corrected chi connectivity index (χ1v) is 6.31. The Balaban J connectivity index is 2.22. The maximum atomic E-state index is 12.2. The van der Waals surface area contributed by atoms with Crippen LogP contribution in [0, 0.1) is 0 Å². The number of nitrogens with two attached hydrogens (primary N) is 1. The number of hydrogen-bond donors (Lipinski definition) is 2. The van der Waals surface area contributed by atoms with Gasteiger partial charge in [-0.05, 0) is 26.0 Å². The van der Waals surface area contributed by atoms with E-state index in [9.17, 15) is 4.79 Å². The molecule has 0 aliphatic heterocycles. The minimum absolute atomic E-state index is 0.161. The summed E-state index contributed by atoms with van der Waals surface area (Å²) in [6, 6.07) is 6.87. The van der Waals surface area contributed by atoms with Gasteiger partial charge in [-0.3, -0.25) is 4.79 Å². The number of ether oxygens (including phenoxy) is 1. The first kappa shape index (κ1) is 13.9. The van der Waals surface area contributed by atoms with Gasteiger partial charge in [-0.1, -0.05) is 0 Å². The molecule has 20 heavy (non-hydrogen) atoms. The molecule has 106 valence electrons. The molecule has 6 heteroatoms. The highest BCUT2D eigenvalue weighted by molar-refractivity contribution is 6.07. The average molecular weight is 274 g/mol. The van der Waals surface area contributed by atoms with Gasteiger partial charge in [0, 0.05) is 23.9 Å². The third kappa shape index (κ3) is 2.74. The van der Waals surface area contributed by atoms with Crippen LogP contribution < -0.4 is 15.8 Å². The molecular formula is C14H18N4O2. The van der Waals surface area contributed by atoms with E-state index in [0.29, 0.717) is 22.8 Å². The van der Waals surface area contributed by atoms with Gasteiger partial charge < -0.3 is 15.8 Å². The van der Waals surface area contributed by atoms with E-state index in [2.05, 4.69) is 10.4 Å². The van der Waals surface area contributed by atoms with Crippen LogP contribution in [-0.4, -0.2) is 22.8 Å². The van der Waals surface area contributed by atoms with Crippen LogP contribution in [0.2, 0.25) is 0 Å². The van der Waals surface area contributed by atoms with E-state index < -0.39 is 0 Å². The van der Waals surface area contributed by atoms with Gasteiger partial charge in [0.25, 0.3) is 5.91 Å². The highest BCUT2D eigenvalue weighted by atomic mass is 16.5. The van der Waals surface area contributed by atoms with Gasteiger partial charge in [0.05, 0.1) is 18.9 Å². The molecule has 0 saturated heterocycles. The highest BCUT2D eigenvalue weighted by Gasteiger charge is 2.14. The zero-order valence-corrected chi connectivity index (χ0v) is 11.8. The summed E-state index contributed by atoms with van der Waals surface area (Å²) in [7, 11) is 1.55. The maximum absolute atomic E-state index is 12.2. The van der Waals surface area contributed by atoms with E-state index in [1.165, 1.54) is 0 Å². The Bertz CT molecular complexity index is 619. The third-order valence-electron chi connectivity index (χ3n) is 2.90. The molecule has 1 aromatic carbocycles. The molecule has 0 radical (unpaired) electrons. The van der Waals surface area contributed by atoms with Crippen LogP contribution in [0.4, 0.5) is 11.5 Å². The maximum Gasteiger partial charge on any atom is 0.258 e. The molecule has 0 aliphatic carbocycles. The highest BCUT2D eigenvalue weighted by Crippen LogP contribution is 2.21. The number of carbonyl (C=O) groups excluding carboxylic acids is 1. The molecule has 0 atom stereocenters. The molecule has 1 aromatic heterocycles. The van der Waals surface area contributed by atoms with Gasteiger partial charge >= 0.3 is 0 Å². The lowest BCUT2D eigenvalue weighted by Gasteiger charge is -2.13. The minimum Gasteiger partial charge on any atom is -0.497 e. The fourth-order valence-corrected chi connectivity index (χ4v) is 1.88. The predicted molar refractivity (Wildman–Crippen MR) is 78.0 cm³/mol. The third-order valence-corrected chi connectivity index (χ3v) is 2.90. The monoisotopic (exact) mass is 274 g/mol. The first-order chi connectivity index (χ1) is 9.52. The molecule has 0 fully saturated rings. The number of methoxy groups -OCH3 is 1. The smallest absolute Gasteiger partial charge is 0.258 e. The number of benzene rings is 1. The van der Waals surface area contributed by atoms with E-state index in [1.54, 1.807) is 42.3 Å². The second-order valence-corrected chi connectivity index (χ2v) is 4.66. The molecule has 0 aliphatic rings. The molecule has 1 amide bonds. The largest absolute Gasteiger partial charge is 0.497 e. The van der Waals surface area contributed by atoms with E-state index in [4.69, 9.17) is 10.5 Å². The molecule has 3 N–H and O–H groups in total. The van der Waals surface area contributed by atoms with Crippen molar-refractivity contribution >= 4 is 17.4 Å². The summed E-state index contributed by atoms with van der Waals surface area (Å²) in [6.07, 6.45) is 1.65. The van der Waals surface area contributed by atoms with E-state index in [0.717, 1.165) is 0 Å². The molecule has 0 bridgehead atoms. The Morgan fingerprint density at radius 1 is 1.40 bits per heavy atom. The second kappa shape index (κ2) is 5.64. The molecule has 2 rings (SSSR count). The first-order valence-electron chi connectivity index (χ1n) is 6.31. The number of amides is 1. The Kier molecular flexibility index (Phi) is 3.93. The van der Waals surface area contributed by atoms with Crippen molar-refractivity contribution in [3.63, 3.8) is 0 Å². The number of anilines is 2. The van der Waals surface area contributed by atoms with Crippen molar-refractivity contribution < 1.29 is 9.53 Å². The van der Waals surface area contributed by atoms with Gasteiger partial charge in [-0.25, -0.2) is 4.68 Å². The Morgan fingerprint density at radius 2 is 2.15 bits per heavy atom. The normalized spacial score (nSPS) is 10.6. The van der Waals surface area contributed by atoms with Crippen molar-refractivity contribution in [2.75, 3.05) is 18.2 Å². The van der Waals surface area contributed by atoms with Crippen LogP contribution in [0.15, 0.2) is 30.5 Å². The lowest BCUT2D eigenvalue weighted by atomic mass is 10.1. The standard InChI is InChI=1S/C14H18N4O2/c1-9(2)18-13(6-7-16-18)17-14(19)11-5-4-10(20-3)8-12(11)15/h4-9H,15H2,1-3H3,(H,17,19). The van der Waals surface area contributed by atoms with E-state index in [-0.39, 0.29) is 11.9 Å². The number of aromatic nitrogens is 2. The number of nitrogens with zero attached hydrogens (tertiary/aromatic N) is 2. The average Bonchev–Trinajstić information content (AvgIpc) is 2.86. The zero-order valence-electron chi connectivity index (χ0n) is 11.8. The zero-order chi connectivity index (χ0) is 14.7. The Labute approximate surface area is 117 Å². The summed E-state index contributed by atoms with van der Waals surface area (Å²) in [5, 5.41) is 6.97. The van der Waals surface area contributed by atoms with Gasteiger partial charge in [0.1, 0.15) is 11.6 Å². The van der Waals surface area contributed by atoms with E-state index in [1.807, 2.05) is 13.8 Å². The fraction of sp³-hybridized carbons (Fsp3) is 0.286. The number of carbonyl (C=O) groups is 1. The van der Waals surface area contributed by atoms with Gasteiger partial charge in [0.2, 0.25) is 0 Å².